The van der Waals surface area contributed by atoms with Gasteiger partial charge in [-0.05, 0) is 44.4 Å². The van der Waals surface area contributed by atoms with Crippen molar-refractivity contribution in [2.45, 2.75) is 64.5 Å². The highest BCUT2D eigenvalue weighted by atomic mass is 16.5. The molecule has 0 heterocycles. The van der Waals surface area contributed by atoms with E-state index in [1.807, 2.05) is 6.92 Å². The molecule has 3 heteroatoms. The first kappa shape index (κ1) is 12.9. The van der Waals surface area contributed by atoms with Crippen LogP contribution < -0.4 is 5.32 Å². The van der Waals surface area contributed by atoms with Crippen molar-refractivity contribution in [2.75, 3.05) is 6.61 Å². The van der Waals surface area contributed by atoms with Gasteiger partial charge in [-0.3, -0.25) is 4.79 Å². The van der Waals surface area contributed by atoms with Crippen molar-refractivity contribution in [1.82, 2.24) is 5.32 Å². The summed E-state index contributed by atoms with van der Waals surface area (Å²) in [6.45, 7) is 4.68. The number of hydrogen-bond acceptors (Lipinski definition) is 3. The first-order valence-electron chi connectivity index (χ1n) is 7.13. The van der Waals surface area contributed by atoms with Crippen molar-refractivity contribution in [3.05, 3.63) is 0 Å². The molecule has 1 N–H and O–H groups in total. The van der Waals surface area contributed by atoms with Crippen LogP contribution in [-0.4, -0.2) is 24.7 Å². The van der Waals surface area contributed by atoms with Crippen molar-refractivity contribution in [2.24, 2.45) is 11.8 Å². The maximum atomic E-state index is 12.0. The van der Waals surface area contributed by atoms with Crippen molar-refractivity contribution < 1.29 is 9.53 Å². The standard InChI is InChI=1S/C14H25NO2/c1-3-17-14(16)13(15-12-8-9-12)11-6-4-10(2)5-7-11/h10-13,15H,3-9H2,1-2H3. The van der Waals surface area contributed by atoms with Gasteiger partial charge < -0.3 is 10.1 Å². The first-order chi connectivity index (χ1) is 8.20. The quantitative estimate of drug-likeness (QED) is 0.749. The minimum absolute atomic E-state index is 0.0287. The molecule has 2 aliphatic rings. The molecule has 2 aliphatic carbocycles. The summed E-state index contributed by atoms with van der Waals surface area (Å²) in [7, 11) is 0. The Kier molecular flexibility index (Phi) is 4.43. The highest BCUT2D eigenvalue weighted by Crippen LogP contribution is 2.32. The fourth-order valence-corrected chi connectivity index (χ4v) is 2.75. The third-order valence-electron chi connectivity index (χ3n) is 4.07. The number of ether oxygens (including phenoxy) is 1. The normalized spacial score (nSPS) is 30.9. The van der Waals surface area contributed by atoms with Crippen molar-refractivity contribution in [1.29, 1.82) is 0 Å². The second-order valence-electron chi connectivity index (χ2n) is 5.69. The van der Waals surface area contributed by atoms with Crippen LogP contribution in [0.4, 0.5) is 0 Å². The van der Waals surface area contributed by atoms with Gasteiger partial charge in [-0.15, -0.1) is 0 Å². The number of nitrogens with one attached hydrogen (secondary N) is 1. The third-order valence-corrected chi connectivity index (χ3v) is 4.07. The summed E-state index contributed by atoms with van der Waals surface area (Å²) in [5.74, 6) is 1.29. The summed E-state index contributed by atoms with van der Waals surface area (Å²) >= 11 is 0. The molecule has 0 aromatic heterocycles. The van der Waals surface area contributed by atoms with E-state index in [2.05, 4.69) is 12.2 Å². The molecule has 2 fully saturated rings. The Morgan fingerprint density at radius 2 is 1.88 bits per heavy atom. The summed E-state index contributed by atoms with van der Waals surface area (Å²) < 4.78 is 5.21. The predicted octanol–water partition coefficient (Wildman–Crippen LogP) is 2.50. The monoisotopic (exact) mass is 239 g/mol. The van der Waals surface area contributed by atoms with Gasteiger partial charge in [-0.25, -0.2) is 0 Å². The molecule has 0 radical (unpaired) electrons. The lowest BCUT2D eigenvalue weighted by molar-refractivity contribution is -0.147. The summed E-state index contributed by atoms with van der Waals surface area (Å²) in [6.07, 6.45) is 7.30. The molecule has 0 amide bonds. The molecular formula is C14H25NO2. The fraction of sp³-hybridized carbons (Fsp3) is 0.929. The fourth-order valence-electron chi connectivity index (χ4n) is 2.75. The van der Waals surface area contributed by atoms with Crippen LogP contribution >= 0.6 is 0 Å². The van der Waals surface area contributed by atoms with E-state index in [9.17, 15) is 4.79 Å². The average Bonchev–Trinajstić information content (AvgIpc) is 3.11. The largest absolute Gasteiger partial charge is 0.465 e. The molecular weight excluding hydrogens is 214 g/mol. The van der Waals surface area contributed by atoms with Gasteiger partial charge in [-0.1, -0.05) is 19.8 Å². The zero-order valence-electron chi connectivity index (χ0n) is 11.1. The summed E-state index contributed by atoms with van der Waals surface area (Å²) in [5, 5.41) is 3.49. The van der Waals surface area contributed by atoms with Gasteiger partial charge in [0.15, 0.2) is 0 Å². The van der Waals surface area contributed by atoms with Crippen LogP contribution in [0.3, 0.4) is 0 Å². The zero-order chi connectivity index (χ0) is 12.3. The second-order valence-corrected chi connectivity index (χ2v) is 5.69. The third kappa shape index (κ3) is 3.70. The van der Waals surface area contributed by atoms with Crippen LogP contribution in [-0.2, 0) is 9.53 Å². The van der Waals surface area contributed by atoms with Crippen LogP contribution in [0.25, 0.3) is 0 Å². The van der Waals surface area contributed by atoms with E-state index in [0.717, 1.165) is 5.92 Å². The molecule has 98 valence electrons. The van der Waals surface area contributed by atoms with Gasteiger partial charge in [0.1, 0.15) is 6.04 Å². The molecule has 3 nitrogen and oxygen atoms in total. The number of rotatable bonds is 5. The van der Waals surface area contributed by atoms with Gasteiger partial charge >= 0.3 is 5.97 Å². The number of esters is 1. The molecule has 1 unspecified atom stereocenters. The molecule has 0 aromatic carbocycles. The van der Waals surface area contributed by atoms with Crippen molar-refractivity contribution >= 4 is 5.97 Å². The Labute approximate surface area is 104 Å². The van der Waals surface area contributed by atoms with Crippen LogP contribution in [0.2, 0.25) is 0 Å². The van der Waals surface area contributed by atoms with Crippen molar-refractivity contribution in [3.8, 4) is 0 Å². The molecule has 17 heavy (non-hydrogen) atoms. The Morgan fingerprint density at radius 1 is 1.24 bits per heavy atom. The van der Waals surface area contributed by atoms with Crippen LogP contribution in [0.15, 0.2) is 0 Å². The first-order valence-corrected chi connectivity index (χ1v) is 7.13. The van der Waals surface area contributed by atoms with E-state index >= 15 is 0 Å². The van der Waals surface area contributed by atoms with E-state index in [1.165, 1.54) is 38.5 Å². The zero-order valence-corrected chi connectivity index (χ0v) is 11.1. The average molecular weight is 239 g/mol. The van der Waals surface area contributed by atoms with Gasteiger partial charge in [0, 0.05) is 6.04 Å². The minimum atomic E-state index is -0.0463. The predicted molar refractivity (Wildman–Crippen MR) is 67.7 cm³/mol. The number of carbonyl (C=O) groups is 1. The summed E-state index contributed by atoms with van der Waals surface area (Å²) in [6, 6.07) is 0.527. The Morgan fingerprint density at radius 3 is 2.41 bits per heavy atom. The highest BCUT2D eigenvalue weighted by Gasteiger charge is 2.36. The summed E-state index contributed by atoms with van der Waals surface area (Å²) in [4.78, 5) is 12.0. The van der Waals surface area contributed by atoms with E-state index in [1.54, 1.807) is 0 Å². The molecule has 0 aliphatic heterocycles. The molecule has 0 spiro atoms. The van der Waals surface area contributed by atoms with Gasteiger partial charge in [-0.2, -0.15) is 0 Å². The number of carbonyl (C=O) groups excluding carboxylic acids is 1. The van der Waals surface area contributed by atoms with Crippen molar-refractivity contribution in [3.63, 3.8) is 0 Å². The maximum Gasteiger partial charge on any atom is 0.323 e. The molecule has 0 aromatic rings. The SMILES string of the molecule is CCOC(=O)C(NC1CC1)C1CCC(C)CC1. The lowest BCUT2D eigenvalue weighted by Crippen LogP contribution is -2.46. The van der Waals surface area contributed by atoms with E-state index in [-0.39, 0.29) is 12.0 Å². The van der Waals surface area contributed by atoms with Gasteiger partial charge in [0.25, 0.3) is 0 Å². The van der Waals surface area contributed by atoms with Gasteiger partial charge in [0.05, 0.1) is 6.61 Å². The Balaban J connectivity index is 1.90. The molecule has 0 saturated heterocycles. The van der Waals surface area contributed by atoms with E-state index in [0.29, 0.717) is 18.6 Å². The minimum Gasteiger partial charge on any atom is -0.465 e. The van der Waals surface area contributed by atoms with E-state index < -0.39 is 0 Å². The smallest absolute Gasteiger partial charge is 0.323 e. The Hall–Kier alpha value is -0.570. The van der Waals surface area contributed by atoms with E-state index in [4.69, 9.17) is 4.74 Å². The lowest BCUT2D eigenvalue weighted by atomic mass is 9.79. The molecule has 1 atom stereocenters. The highest BCUT2D eigenvalue weighted by molar-refractivity contribution is 5.76. The second kappa shape index (κ2) is 5.85. The molecule has 2 saturated carbocycles. The molecule has 2 rings (SSSR count). The summed E-state index contributed by atoms with van der Waals surface area (Å²) in [5.41, 5.74) is 0. The van der Waals surface area contributed by atoms with Crippen LogP contribution in [0, 0.1) is 11.8 Å². The van der Waals surface area contributed by atoms with Gasteiger partial charge in [0.2, 0.25) is 0 Å². The lowest BCUT2D eigenvalue weighted by Gasteiger charge is -2.32. The topological polar surface area (TPSA) is 38.3 Å². The maximum absolute atomic E-state index is 12.0. The molecule has 0 bridgehead atoms. The number of hydrogen-bond donors (Lipinski definition) is 1. The Bertz CT molecular complexity index is 255. The van der Waals surface area contributed by atoms with Crippen LogP contribution in [0.5, 0.6) is 0 Å². The van der Waals surface area contributed by atoms with Crippen LogP contribution in [0.1, 0.15) is 52.4 Å².